The van der Waals surface area contributed by atoms with Crippen LogP contribution in [0.15, 0.2) is 30.3 Å². The molecule has 3 saturated heterocycles. The quantitative estimate of drug-likeness (QED) is 0.539. The van der Waals surface area contributed by atoms with Crippen molar-refractivity contribution in [1.29, 1.82) is 0 Å². The minimum atomic E-state index is -0.588. The van der Waals surface area contributed by atoms with E-state index in [2.05, 4.69) is 11.9 Å². The van der Waals surface area contributed by atoms with E-state index in [-0.39, 0.29) is 24.6 Å². The van der Waals surface area contributed by atoms with Gasteiger partial charge < -0.3 is 14.2 Å². The van der Waals surface area contributed by atoms with Gasteiger partial charge in [0.05, 0.1) is 0 Å². The summed E-state index contributed by atoms with van der Waals surface area (Å²) in [6, 6.07) is 10.1. The van der Waals surface area contributed by atoms with Crippen LogP contribution in [0.1, 0.15) is 44.1 Å². The van der Waals surface area contributed by atoms with Gasteiger partial charge in [-0.2, -0.15) is 0 Å². The summed E-state index contributed by atoms with van der Waals surface area (Å²) in [5.74, 6) is -1.18. The molecule has 146 valence electrons. The summed E-state index contributed by atoms with van der Waals surface area (Å²) < 4.78 is 16.9. The van der Waals surface area contributed by atoms with E-state index in [1.165, 1.54) is 0 Å². The Bertz CT molecular complexity index is 675. The highest BCUT2D eigenvalue weighted by Crippen LogP contribution is 2.48. The molecule has 0 amide bonds. The molecule has 6 nitrogen and oxygen atoms in total. The van der Waals surface area contributed by atoms with Crippen molar-refractivity contribution in [1.82, 2.24) is 4.90 Å². The third-order valence-corrected chi connectivity index (χ3v) is 6.01. The van der Waals surface area contributed by atoms with Crippen LogP contribution in [-0.2, 0) is 23.8 Å². The van der Waals surface area contributed by atoms with Crippen molar-refractivity contribution in [3.63, 3.8) is 0 Å². The van der Waals surface area contributed by atoms with Crippen molar-refractivity contribution in [2.45, 2.75) is 68.9 Å². The van der Waals surface area contributed by atoms with Crippen LogP contribution >= 0.6 is 0 Å². The Morgan fingerprint density at radius 2 is 1.85 bits per heavy atom. The monoisotopic (exact) mass is 373 g/mol. The minimum Gasteiger partial charge on any atom is -0.464 e. The summed E-state index contributed by atoms with van der Waals surface area (Å²) in [6.45, 7) is 1.95. The SMILES string of the molecule is CCCC(=O)OC[C@@H](C(=O)OC1C[C@@H]2[C@H]3O[C@H]3[C@H](C1)N2C)c1ccccc1. The standard InChI is InChI=1S/C21H27NO5/c1-3-7-18(23)25-12-15(13-8-5-4-6-9-13)21(24)26-14-10-16-19-20(27-19)17(11-14)22(16)2/h4-6,8-9,14-17,19-20H,3,7,10-12H2,1-2H3/t14?,15-,16-,17+,19-,20+/m1/s1. The van der Waals surface area contributed by atoms with Gasteiger partial charge in [0.1, 0.15) is 30.8 Å². The molecule has 3 fully saturated rings. The second kappa shape index (κ2) is 7.60. The Labute approximate surface area is 159 Å². The molecule has 3 aliphatic rings. The van der Waals surface area contributed by atoms with Crippen molar-refractivity contribution < 1.29 is 23.8 Å². The lowest BCUT2D eigenvalue weighted by Crippen LogP contribution is -2.48. The van der Waals surface area contributed by atoms with Gasteiger partial charge in [-0.3, -0.25) is 14.5 Å². The van der Waals surface area contributed by atoms with Crippen molar-refractivity contribution in [2.24, 2.45) is 0 Å². The minimum absolute atomic E-state index is 0.0233. The van der Waals surface area contributed by atoms with E-state index in [1.807, 2.05) is 37.3 Å². The third-order valence-electron chi connectivity index (χ3n) is 6.01. The molecule has 0 radical (unpaired) electrons. The summed E-state index contributed by atoms with van der Waals surface area (Å²) in [5, 5.41) is 0. The second-order valence-corrected chi connectivity index (χ2v) is 7.79. The third kappa shape index (κ3) is 3.73. The van der Waals surface area contributed by atoms with E-state index in [9.17, 15) is 9.59 Å². The van der Waals surface area contributed by atoms with Crippen LogP contribution in [0.2, 0.25) is 0 Å². The number of piperidine rings is 1. The van der Waals surface area contributed by atoms with E-state index in [4.69, 9.17) is 14.2 Å². The van der Waals surface area contributed by atoms with Crippen molar-refractivity contribution in [3.8, 4) is 0 Å². The maximum absolute atomic E-state index is 12.9. The molecule has 3 heterocycles. The molecule has 3 aliphatic heterocycles. The second-order valence-electron chi connectivity index (χ2n) is 7.79. The number of hydrogen-bond donors (Lipinski definition) is 0. The average Bonchev–Trinajstić information content (AvgIpc) is 3.41. The molecule has 0 N–H and O–H groups in total. The zero-order chi connectivity index (χ0) is 19.0. The summed E-state index contributed by atoms with van der Waals surface area (Å²) in [7, 11) is 2.13. The Morgan fingerprint density at radius 3 is 2.48 bits per heavy atom. The highest BCUT2D eigenvalue weighted by Gasteiger charge is 2.62. The number of hydrogen-bond acceptors (Lipinski definition) is 6. The predicted molar refractivity (Wildman–Crippen MR) is 98.2 cm³/mol. The van der Waals surface area contributed by atoms with Crippen LogP contribution in [0, 0.1) is 0 Å². The number of carbonyl (C=O) groups excluding carboxylic acids is 2. The summed E-state index contributed by atoms with van der Waals surface area (Å²) >= 11 is 0. The van der Waals surface area contributed by atoms with E-state index >= 15 is 0 Å². The van der Waals surface area contributed by atoms with Crippen LogP contribution in [0.4, 0.5) is 0 Å². The van der Waals surface area contributed by atoms with Crippen LogP contribution in [0.25, 0.3) is 0 Å². The first kappa shape index (κ1) is 18.4. The zero-order valence-electron chi connectivity index (χ0n) is 15.9. The summed E-state index contributed by atoms with van der Waals surface area (Å²) in [6.07, 6.45) is 3.21. The maximum atomic E-state index is 12.9. The number of rotatable bonds is 7. The molecule has 0 aromatic heterocycles. The molecule has 2 bridgehead atoms. The Kier molecular flexibility index (Phi) is 5.19. The Hall–Kier alpha value is -1.92. The van der Waals surface area contributed by atoms with Gasteiger partial charge in [-0.05, 0) is 19.0 Å². The number of morpholine rings is 1. The summed E-state index contributed by atoms with van der Waals surface area (Å²) in [5.41, 5.74) is 0.814. The number of benzene rings is 1. The van der Waals surface area contributed by atoms with Crippen molar-refractivity contribution >= 4 is 11.9 Å². The van der Waals surface area contributed by atoms with Crippen LogP contribution in [-0.4, -0.2) is 60.9 Å². The molecule has 6 heteroatoms. The van der Waals surface area contributed by atoms with Gasteiger partial charge >= 0.3 is 11.9 Å². The van der Waals surface area contributed by atoms with Crippen LogP contribution < -0.4 is 0 Å². The number of carbonyl (C=O) groups is 2. The van der Waals surface area contributed by atoms with E-state index < -0.39 is 5.92 Å². The van der Waals surface area contributed by atoms with Gasteiger partial charge in [0.2, 0.25) is 0 Å². The normalized spacial score (nSPS) is 32.4. The number of esters is 2. The maximum Gasteiger partial charge on any atom is 0.317 e. The van der Waals surface area contributed by atoms with Crippen molar-refractivity contribution in [3.05, 3.63) is 35.9 Å². The van der Waals surface area contributed by atoms with Gasteiger partial charge in [0.25, 0.3) is 0 Å². The molecule has 27 heavy (non-hydrogen) atoms. The fourth-order valence-electron chi connectivity index (χ4n) is 4.48. The molecule has 1 aromatic rings. The Balaban J connectivity index is 1.40. The number of epoxide rings is 1. The number of nitrogens with zero attached hydrogens (tertiary/aromatic N) is 1. The molecule has 0 spiro atoms. The fourth-order valence-corrected chi connectivity index (χ4v) is 4.48. The first-order valence-electron chi connectivity index (χ1n) is 9.87. The van der Waals surface area contributed by atoms with Gasteiger partial charge in [-0.1, -0.05) is 37.3 Å². The van der Waals surface area contributed by atoms with Gasteiger partial charge in [-0.15, -0.1) is 0 Å². The Morgan fingerprint density at radius 1 is 1.19 bits per heavy atom. The molecule has 6 atom stereocenters. The van der Waals surface area contributed by atoms with Crippen molar-refractivity contribution in [2.75, 3.05) is 13.7 Å². The lowest BCUT2D eigenvalue weighted by molar-refractivity contribution is -0.159. The topological polar surface area (TPSA) is 68.4 Å². The predicted octanol–water partition coefficient (Wildman–Crippen LogP) is 2.27. The van der Waals surface area contributed by atoms with E-state index in [0.29, 0.717) is 30.7 Å². The largest absolute Gasteiger partial charge is 0.464 e. The fraction of sp³-hybridized carbons (Fsp3) is 0.619. The number of fused-ring (bicyclic) bond motifs is 5. The molecule has 4 rings (SSSR count). The zero-order valence-corrected chi connectivity index (χ0v) is 15.9. The van der Waals surface area contributed by atoms with Gasteiger partial charge in [0, 0.05) is 31.3 Å². The average molecular weight is 373 g/mol. The first-order chi connectivity index (χ1) is 13.1. The van der Waals surface area contributed by atoms with E-state index in [0.717, 1.165) is 24.8 Å². The molecule has 0 aliphatic carbocycles. The highest BCUT2D eigenvalue weighted by molar-refractivity contribution is 5.79. The molecular formula is C21H27NO5. The lowest BCUT2D eigenvalue weighted by atomic mass is 9.97. The van der Waals surface area contributed by atoms with Gasteiger partial charge in [-0.25, -0.2) is 0 Å². The van der Waals surface area contributed by atoms with Crippen LogP contribution in [0.5, 0.6) is 0 Å². The lowest BCUT2D eigenvalue weighted by Gasteiger charge is -2.38. The van der Waals surface area contributed by atoms with Gasteiger partial charge in [0.15, 0.2) is 0 Å². The molecule has 1 aromatic carbocycles. The highest BCUT2D eigenvalue weighted by atomic mass is 16.6. The summed E-state index contributed by atoms with van der Waals surface area (Å²) in [4.78, 5) is 27.1. The number of ether oxygens (including phenoxy) is 3. The molecule has 0 saturated carbocycles. The molecule has 1 unspecified atom stereocenters. The number of likely N-dealkylation sites (N-methyl/N-ethyl adjacent to an activating group) is 1. The smallest absolute Gasteiger partial charge is 0.317 e. The molecular weight excluding hydrogens is 346 g/mol. The first-order valence-corrected chi connectivity index (χ1v) is 9.87. The van der Waals surface area contributed by atoms with E-state index in [1.54, 1.807) is 0 Å². The van der Waals surface area contributed by atoms with Crippen LogP contribution in [0.3, 0.4) is 0 Å².